The van der Waals surface area contributed by atoms with Gasteiger partial charge in [-0.3, -0.25) is 0 Å². The van der Waals surface area contributed by atoms with E-state index in [2.05, 4.69) is 9.36 Å². The highest BCUT2D eigenvalue weighted by molar-refractivity contribution is 7.09. The number of hydrogen-bond acceptors (Lipinski definition) is 5. The minimum absolute atomic E-state index is 0.249. The molecule has 6 heteroatoms. The fraction of sp³-hybridized carbons (Fsp3) is 0.176. The summed E-state index contributed by atoms with van der Waals surface area (Å²) in [7, 11) is 3.37. The van der Waals surface area contributed by atoms with E-state index in [0.29, 0.717) is 12.4 Å². The number of aromatic nitrogens is 2. The molecule has 0 bridgehead atoms. The van der Waals surface area contributed by atoms with Crippen molar-refractivity contribution in [2.45, 2.75) is 6.54 Å². The van der Waals surface area contributed by atoms with E-state index in [1.165, 1.54) is 24.7 Å². The van der Waals surface area contributed by atoms with Gasteiger partial charge in [-0.15, -0.1) is 0 Å². The Bertz CT molecular complexity index is 792. The first-order valence-electron chi connectivity index (χ1n) is 7.10. The van der Waals surface area contributed by atoms with E-state index >= 15 is 0 Å². The number of hydrogen-bond donors (Lipinski definition) is 0. The van der Waals surface area contributed by atoms with E-state index in [1.54, 1.807) is 6.07 Å². The normalized spacial score (nSPS) is 10.6. The van der Waals surface area contributed by atoms with Gasteiger partial charge >= 0.3 is 0 Å². The summed E-state index contributed by atoms with van der Waals surface area (Å²) in [5.74, 6) is 0.595. The molecule has 0 saturated carbocycles. The monoisotopic (exact) mass is 329 g/mol. The number of benzene rings is 2. The van der Waals surface area contributed by atoms with Gasteiger partial charge in [-0.25, -0.2) is 4.39 Å². The average Bonchev–Trinajstić information content (AvgIpc) is 3.06. The van der Waals surface area contributed by atoms with Crippen molar-refractivity contribution in [1.29, 1.82) is 0 Å². The summed E-state index contributed by atoms with van der Waals surface area (Å²) in [4.78, 5) is 6.50. The molecule has 3 aromatic rings. The zero-order chi connectivity index (χ0) is 16.2. The number of nitrogens with zero attached hydrogens (tertiary/aromatic N) is 3. The van der Waals surface area contributed by atoms with Crippen molar-refractivity contribution >= 4 is 16.7 Å². The molecule has 0 atom stereocenters. The summed E-state index contributed by atoms with van der Waals surface area (Å²) < 4.78 is 23.1. The topological polar surface area (TPSA) is 38.2 Å². The van der Waals surface area contributed by atoms with Gasteiger partial charge in [0.1, 0.15) is 0 Å². The molecule has 4 nitrogen and oxygen atoms in total. The summed E-state index contributed by atoms with van der Waals surface area (Å²) >= 11 is 1.33. The molecule has 0 radical (unpaired) electrons. The van der Waals surface area contributed by atoms with Crippen LogP contribution in [-0.4, -0.2) is 23.5 Å². The minimum atomic E-state index is -0.361. The molecule has 0 N–H and O–H groups in total. The van der Waals surface area contributed by atoms with Gasteiger partial charge in [0.2, 0.25) is 5.13 Å². The standard InChI is InChI=1S/C17H16FN3OS/c1-21(11-12-8-9-15(22-2)14(18)10-12)17-19-16(20-23-17)13-6-4-3-5-7-13/h3-10H,11H2,1-2H3. The molecule has 1 aromatic heterocycles. The van der Waals surface area contributed by atoms with E-state index in [1.807, 2.05) is 48.3 Å². The number of ether oxygens (including phenoxy) is 1. The highest BCUT2D eigenvalue weighted by Gasteiger charge is 2.12. The first-order valence-corrected chi connectivity index (χ1v) is 7.87. The molecule has 118 valence electrons. The summed E-state index contributed by atoms with van der Waals surface area (Å²) in [6.45, 7) is 0.546. The maximum Gasteiger partial charge on any atom is 0.205 e. The molecule has 0 aliphatic carbocycles. The lowest BCUT2D eigenvalue weighted by atomic mass is 10.2. The third kappa shape index (κ3) is 3.48. The van der Waals surface area contributed by atoms with Crippen LogP contribution in [0.4, 0.5) is 9.52 Å². The Morgan fingerprint density at radius 2 is 1.96 bits per heavy atom. The first kappa shape index (κ1) is 15.4. The lowest BCUT2D eigenvalue weighted by Crippen LogP contribution is -2.16. The lowest BCUT2D eigenvalue weighted by Gasteiger charge is -2.15. The Kier molecular flexibility index (Phi) is 4.52. The van der Waals surface area contributed by atoms with E-state index in [9.17, 15) is 4.39 Å². The molecule has 2 aromatic carbocycles. The Balaban J connectivity index is 1.75. The van der Waals surface area contributed by atoms with Crippen molar-refractivity contribution < 1.29 is 9.13 Å². The van der Waals surface area contributed by atoms with Crippen molar-refractivity contribution in [2.75, 3.05) is 19.1 Å². The van der Waals surface area contributed by atoms with Crippen LogP contribution in [0.2, 0.25) is 0 Å². The fourth-order valence-corrected chi connectivity index (χ4v) is 2.87. The molecule has 0 unspecified atom stereocenters. The van der Waals surface area contributed by atoms with E-state index in [4.69, 9.17) is 4.74 Å². The molecule has 0 saturated heterocycles. The second kappa shape index (κ2) is 6.75. The molecule has 0 fully saturated rings. The smallest absolute Gasteiger partial charge is 0.205 e. The molecular formula is C17H16FN3OS. The minimum Gasteiger partial charge on any atom is -0.494 e. The summed E-state index contributed by atoms with van der Waals surface area (Å²) in [5, 5.41) is 0.792. The van der Waals surface area contributed by atoms with Crippen molar-refractivity contribution in [3.63, 3.8) is 0 Å². The number of rotatable bonds is 5. The zero-order valence-corrected chi connectivity index (χ0v) is 13.7. The number of anilines is 1. The number of halogens is 1. The maximum atomic E-state index is 13.8. The van der Waals surface area contributed by atoms with Crippen LogP contribution in [-0.2, 0) is 6.54 Å². The van der Waals surface area contributed by atoms with E-state index < -0.39 is 0 Å². The Labute approximate surface area is 138 Å². The van der Waals surface area contributed by atoms with Gasteiger partial charge in [0, 0.05) is 30.7 Å². The molecule has 0 aliphatic rings. The Morgan fingerprint density at radius 3 is 2.65 bits per heavy atom. The molecule has 0 spiro atoms. The van der Waals surface area contributed by atoms with Crippen LogP contribution in [0.25, 0.3) is 11.4 Å². The van der Waals surface area contributed by atoms with Crippen LogP contribution in [0.15, 0.2) is 48.5 Å². The fourth-order valence-electron chi connectivity index (χ4n) is 2.22. The molecular weight excluding hydrogens is 313 g/mol. The van der Waals surface area contributed by atoms with Gasteiger partial charge in [0.25, 0.3) is 0 Å². The Morgan fingerprint density at radius 1 is 1.17 bits per heavy atom. The van der Waals surface area contributed by atoms with Gasteiger partial charge in [-0.1, -0.05) is 36.4 Å². The molecule has 1 heterocycles. The van der Waals surface area contributed by atoms with E-state index in [0.717, 1.165) is 16.3 Å². The van der Waals surface area contributed by atoms with Crippen molar-refractivity contribution in [3.05, 3.63) is 59.9 Å². The highest BCUT2D eigenvalue weighted by atomic mass is 32.1. The summed E-state index contributed by atoms with van der Waals surface area (Å²) in [6, 6.07) is 14.8. The summed E-state index contributed by atoms with van der Waals surface area (Å²) in [5.41, 5.74) is 1.83. The summed E-state index contributed by atoms with van der Waals surface area (Å²) in [6.07, 6.45) is 0. The Hall–Kier alpha value is -2.47. The van der Waals surface area contributed by atoms with E-state index in [-0.39, 0.29) is 11.6 Å². The quantitative estimate of drug-likeness (QED) is 0.709. The maximum absolute atomic E-state index is 13.8. The lowest BCUT2D eigenvalue weighted by molar-refractivity contribution is 0.386. The second-order valence-electron chi connectivity index (χ2n) is 5.09. The molecule has 3 rings (SSSR count). The van der Waals surface area contributed by atoms with Crippen LogP contribution in [0.3, 0.4) is 0 Å². The molecule has 0 amide bonds. The SMILES string of the molecule is COc1ccc(CN(C)c2nc(-c3ccccc3)ns2)cc1F. The molecule has 23 heavy (non-hydrogen) atoms. The van der Waals surface area contributed by atoms with Gasteiger partial charge in [0.05, 0.1) is 7.11 Å². The van der Waals surface area contributed by atoms with Gasteiger partial charge in [0.15, 0.2) is 17.4 Å². The van der Waals surface area contributed by atoms with Crippen molar-refractivity contribution in [2.24, 2.45) is 0 Å². The van der Waals surface area contributed by atoms with Gasteiger partial charge in [-0.2, -0.15) is 9.36 Å². The second-order valence-corrected chi connectivity index (χ2v) is 5.82. The largest absolute Gasteiger partial charge is 0.494 e. The molecule has 0 aliphatic heterocycles. The van der Waals surface area contributed by atoms with Crippen LogP contribution in [0, 0.1) is 5.82 Å². The first-order chi connectivity index (χ1) is 11.2. The highest BCUT2D eigenvalue weighted by Crippen LogP contribution is 2.25. The van der Waals surface area contributed by atoms with Crippen LogP contribution in [0.1, 0.15) is 5.56 Å². The van der Waals surface area contributed by atoms with Crippen molar-refractivity contribution in [3.8, 4) is 17.1 Å². The zero-order valence-electron chi connectivity index (χ0n) is 12.9. The third-order valence-corrected chi connectivity index (χ3v) is 4.24. The number of methoxy groups -OCH3 is 1. The van der Waals surface area contributed by atoms with Gasteiger partial charge < -0.3 is 9.64 Å². The predicted octanol–water partition coefficient (Wildman–Crippen LogP) is 3.99. The van der Waals surface area contributed by atoms with Crippen LogP contribution < -0.4 is 9.64 Å². The van der Waals surface area contributed by atoms with Crippen LogP contribution in [0.5, 0.6) is 5.75 Å². The van der Waals surface area contributed by atoms with Gasteiger partial charge in [-0.05, 0) is 17.7 Å². The van der Waals surface area contributed by atoms with Crippen LogP contribution >= 0.6 is 11.5 Å². The predicted molar refractivity (Wildman–Crippen MR) is 90.4 cm³/mol. The third-order valence-electron chi connectivity index (χ3n) is 3.41. The van der Waals surface area contributed by atoms with Crippen molar-refractivity contribution in [1.82, 2.24) is 9.36 Å². The average molecular weight is 329 g/mol.